The molecule has 1 heterocycles. The molecule has 7 nitrogen and oxygen atoms in total. The van der Waals surface area contributed by atoms with Gasteiger partial charge in [0.05, 0.1) is 11.6 Å². The van der Waals surface area contributed by atoms with E-state index >= 15 is 0 Å². The van der Waals surface area contributed by atoms with E-state index in [1.807, 2.05) is 30.3 Å². The molecule has 2 aromatic carbocycles. The molecule has 0 saturated carbocycles. The number of hydrogen-bond donors (Lipinski definition) is 3. The van der Waals surface area contributed by atoms with Crippen molar-refractivity contribution < 1.29 is 24.2 Å². The van der Waals surface area contributed by atoms with E-state index in [1.165, 1.54) is 12.1 Å². The number of urea groups is 1. The predicted octanol–water partition coefficient (Wildman–Crippen LogP) is 2.64. The van der Waals surface area contributed by atoms with Crippen molar-refractivity contribution >= 4 is 12.0 Å². The first-order chi connectivity index (χ1) is 13.0. The highest BCUT2D eigenvalue weighted by Gasteiger charge is 2.32. The number of carbonyl (C=O) groups excluding carboxylic acids is 2. The van der Waals surface area contributed by atoms with E-state index in [9.17, 15) is 14.7 Å². The zero-order valence-corrected chi connectivity index (χ0v) is 14.8. The molecule has 1 aliphatic rings. The van der Waals surface area contributed by atoms with E-state index in [0.29, 0.717) is 22.6 Å². The van der Waals surface area contributed by atoms with Crippen LogP contribution in [-0.2, 0) is 9.53 Å². The van der Waals surface area contributed by atoms with Crippen LogP contribution in [0.1, 0.15) is 18.5 Å². The number of phenolic OH excluding ortho intramolecular Hbond substituents is 1. The van der Waals surface area contributed by atoms with Gasteiger partial charge in [0, 0.05) is 5.70 Å². The Morgan fingerprint density at radius 2 is 1.78 bits per heavy atom. The van der Waals surface area contributed by atoms with Crippen molar-refractivity contribution in [1.29, 1.82) is 0 Å². The normalized spacial score (nSPS) is 16.3. The number of carbonyl (C=O) groups is 2. The Morgan fingerprint density at radius 1 is 1.07 bits per heavy atom. The molecule has 0 unspecified atom stereocenters. The largest absolute Gasteiger partial charge is 0.508 e. The van der Waals surface area contributed by atoms with Crippen molar-refractivity contribution in [3.63, 3.8) is 0 Å². The molecule has 2 aromatic rings. The zero-order chi connectivity index (χ0) is 19.2. The summed E-state index contributed by atoms with van der Waals surface area (Å²) in [4.78, 5) is 24.4. The minimum Gasteiger partial charge on any atom is -0.508 e. The summed E-state index contributed by atoms with van der Waals surface area (Å²) in [5.41, 5.74) is 1.39. The Hall–Kier alpha value is -3.48. The number of aromatic hydroxyl groups is 1. The molecule has 7 heteroatoms. The molecule has 0 saturated heterocycles. The van der Waals surface area contributed by atoms with Gasteiger partial charge in [-0.05, 0) is 36.8 Å². The lowest BCUT2D eigenvalue weighted by Crippen LogP contribution is -2.45. The fraction of sp³-hybridized carbons (Fsp3) is 0.200. The molecule has 3 rings (SSSR count). The number of esters is 1. The van der Waals surface area contributed by atoms with E-state index in [2.05, 4.69) is 10.6 Å². The van der Waals surface area contributed by atoms with Crippen LogP contribution in [0.3, 0.4) is 0 Å². The summed E-state index contributed by atoms with van der Waals surface area (Å²) in [5.74, 6) is 0.245. The van der Waals surface area contributed by atoms with Crippen LogP contribution in [0, 0.1) is 0 Å². The number of hydrogen-bond acceptors (Lipinski definition) is 5. The van der Waals surface area contributed by atoms with Crippen molar-refractivity contribution in [3.05, 3.63) is 71.4 Å². The monoisotopic (exact) mass is 368 g/mol. The standard InChI is InChI=1S/C20H20N2O5/c1-13-17(19(24)27-12-11-26-16-5-3-2-4-6-16)18(22-20(25)21-13)14-7-9-15(23)10-8-14/h2-10,18,23H,11-12H2,1H3,(H2,21,22,25)/t18-/m0/s1. The number of para-hydroxylation sites is 1. The van der Waals surface area contributed by atoms with E-state index < -0.39 is 18.0 Å². The maximum atomic E-state index is 12.6. The number of allylic oxidation sites excluding steroid dienone is 1. The third kappa shape index (κ3) is 4.58. The summed E-state index contributed by atoms with van der Waals surface area (Å²) < 4.78 is 10.8. The molecule has 27 heavy (non-hydrogen) atoms. The summed E-state index contributed by atoms with van der Waals surface area (Å²) in [6.07, 6.45) is 0. The second kappa shape index (κ2) is 8.27. The number of nitrogens with one attached hydrogen (secondary N) is 2. The van der Waals surface area contributed by atoms with E-state index in [0.717, 1.165) is 0 Å². The van der Waals surface area contributed by atoms with Crippen LogP contribution in [0.25, 0.3) is 0 Å². The maximum Gasteiger partial charge on any atom is 0.338 e. The van der Waals surface area contributed by atoms with Gasteiger partial charge < -0.3 is 25.2 Å². The van der Waals surface area contributed by atoms with Gasteiger partial charge in [0.1, 0.15) is 24.7 Å². The van der Waals surface area contributed by atoms with Crippen LogP contribution < -0.4 is 15.4 Å². The van der Waals surface area contributed by atoms with Crippen molar-refractivity contribution in [2.45, 2.75) is 13.0 Å². The average Bonchev–Trinajstić information content (AvgIpc) is 2.66. The lowest BCUT2D eigenvalue weighted by atomic mass is 9.95. The topological polar surface area (TPSA) is 96.9 Å². The molecule has 140 valence electrons. The molecular weight excluding hydrogens is 348 g/mol. The van der Waals surface area contributed by atoms with Gasteiger partial charge in [-0.1, -0.05) is 30.3 Å². The first-order valence-electron chi connectivity index (χ1n) is 8.47. The van der Waals surface area contributed by atoms with Crippen molar-refractivity contribution in [3.8, 4) is 11.5 Å². The number of phenols is 1. The molecule has 1 aliphatic heterocycles. The van der Waals surface area contributed by atoms with Crippen LogP contribution in [0.5, 0.6) is 11.5 Å². The molecule has 0 aromatic heterocycles. The van der Waals surface area contributed by atoms with Gasteiger partial charge in [-0.25, -0.2) is 9.59 Å². The molecule has 2 amide bonds. The van der Waals surface area contributed by atoms with E-state index in [4.69, 9.17) is 9.47 Å². The lowest BCUT2D eigenvalue weighted by Gasteiger charge is -2.28. The third-order valence-corrected chi connectivity index (χ3v) is 4.04. The van der Waals surface area contributed by atoms with Crippen LogP contribution in [0.15, 0.2) is 65.9 Å². The number of ether oxygens (including phenoxy) is 2. The Labute approximate surface area is 156 Å². The minimum atomic E-state index is -0.665. The average molecular weight is 368 g/mol. The fourth-order valence-corrected chi connectivity index (χ4v) is 2.77. The highest BCUT2D eigenvalue weighted by Crippen LogP contribution is 2.28. The molecular formula is C20H20N2O5. The van der Waals surface area contributed by atoms with Crippen LogP contribution in [0.4, 0.5) is 4.79 Å². The van der Waals surface area contributed by atoms with Crippen molar-refractivity contribution in [2.75, 3.05) is 13.2 Å². The van der Waals surface area contributed by atoms with Gasteiger partial charge in [-0.15, -0.1) is 0 Å². The summed E-state index contributed by atoms with van der Waals surface area (Å²) in [7, 11) is 0. The Morgan fingerprint density at radius 3 is 2.48 bits per heavy atom. The third-order valence-electron chi connectivity index (χ3n) is 4.04. The second-order valence-electron chi connectivity index (χ2n) is 5.96. The molecule has 1 atom stereocenters. The van der Waals surface area contributed by atoms with E-state index in [-0.39, 0.29) is 19.0 Å². The van der Waals surface area contributed by atoms with Gasteiger partial charge in [0.25, 0.3) is 0 Å². The summed E-state index contributed by atoms with van der Waals surface area (Å²) in [5, 5.41) is 14.7. The molecule has 0 bridgehead atoms. The zero-order valence-electron chi connectivity index (χ0n) is 14.8. The number of benzene rings is 2. The van der Waals surface area contributed by atoms with Gasteiger partial charge in [0.15, 0.2) is 0 Å². The maximum absolute atomic E-state index is 12.6. The molecule has 0 spiro atoms. The van der Waals surface area contributed by atoms with Gasteiger partial charge in [0.2, 0.25) is 0 Å². The van der Waals surface area contributed by atoms with Gasteiger partial charge in [-0.2, -0.15) is 0 Å². The highest BCUT2D eigenvalue weighted by molar-refractivity contribution is 5.95. The molecule has 0 aliphatic carbocycles. The highest BCUT2D eigenvalue weighted by atomic mass is 16.6. The Kier molecular flexibility index (Phi) is 5.61. The van der Waals surface area contributed by atoms with Crippen LogP contribution in [0.2, 0.25) is 0 Å². The lowest BCUT2D eigenvalue weighted by molar-refractivity contribution is -0.140. The smallest absolute Gasteiger partial charge is 0.338 e. The van der Waals surface area contributed by atoms with Gasteiger partial charge in [-0.3, -0.25) is 0 Å². The summed E-state index contributed by atoms with van der Waals surface area (Å²) in [6.45, 7) is 1.93. The van der Waals surface area contributed by atoms with Crippen molar-refractivity contribution in [2.24, 2.45) is 0 Å². The summed E-state index contributed by atoms with van der Waals surface area (Å²) >= 11 is 0. The summed E-state index contributed by atoms with van der Waals surface area (Å²) in [6, 6.07) is 14.4. The second-order valence-corrected chi connectivity index (χ2v) is 5.96. The molecule has 0 fully saturated rings. The first-order valence-corrected chi connectivity index (χ1v) is 8.47. The quantitative estimate of drug-likeness (QED) is 0.538. The predicted molar refractivity (Wildman–Crippen MR) is 98.1 cm³/mol. The Balaban J connectivity index is 1.67. The van der Waals surface area contributed by atoms with Crippen LogP contribution >= 0.6 is 0 Å². The molecule has 3 N–H and O–H groups in total. The minimum absolute atomic E-state index is 0.0702. The Bertz CT molecular complexity index is 846. The van der Waals surface area contributed by atoms with E-state index in [1.54, 1.807) is 19.1 Å². The first kappa shape index (κ1) is 18.3. The number of rotatable bonds is 6. The molecule has 0 radical (unpaired) electrons. The van der Waals surface area contributed by atoms with Crippen molar-refractivity contribution in [1.82, 2.24) is 10.6 Å². The van der Waals surface area contributed by atoms with Crippen LogP contribution in [-0.4, -0.2) is 30.3 Å². The van der Waals surface area contributed by atoms with Gasteiger partial charge >= 0.3 is 12.0 Å². The fourth-order valence-electron chi connectivity index (χ4n) is 2.77. The number of amides is 2. The SMILES string of the molecule is CC1=C(C(=O)OCCOc2ccccc2)[C@H](c2ccc(O)cc2)NC(=O)N1.